The van der Waals surface area contributed by atoms with Gasteiger partial charge in [-0.2, -0.15) is 0 Å². The van der Waals surface area contributed by atoms with Gasteiger partial charge in [0.05, 0.1) is 18.5 Å². The van der Waals surface area contributed by atoms with E-state index in [-0.39, 0.29) is 23.8 Å². The molecule has 0 radical (unpaired) electrons. The van der Waals surface area contributed by atoms with Crippen LogP contribution < -0.4 is 0 Å². The number of carbonyl (C=O) groups is 2. The van der Waals surface area contributed by atoms with Crippen molar-refractivity contribution in [3.63, 3.8) is 0 Å². The number of amides is 2. The van der Waals surface area contributed by atoms with E-state index in [1.807, 2.05) is 17.8 Å². The Kier molecular flexibility index (Phi) is 4.38. The third-order valence-corrected chi connectivity index (χ3v) is 5.63. The topological polar surface area (TPSA) is 61.7 Å². The van der Waals surface area contributed by atoms with Crippen LogP contribution in [0.3, 0.4) is 0 Å². The summed E-state index contributed by atoms with van der Waals surface area (Å²) in [5, 5.41) is 0. The number of hydrogen-bond acceptors (Lipinski definition) is 4. The lowest BCUT2D eigenvalue weighted by molar-refractivity contribution is -0.142. The molecule has 0 aromatic carbocycles. The summed E-state index contributed by atoms with van der Waals surface area (Å²) in [6, 6.07) is 0. The molecule has 132 valence electrons. The van der Waals surface area contributed by atoms with Gasteiger partial charge in [0.25, 0.3) is 0 Å². The molecule has 3 heterocycles. The molecule has 2 aliphatic rings. The van der Waals surface area contributed by atoms with Crippen LogP contribution in [0.15, 0.2) is 12.4 Å². The van der Waals surface area contributed by atoms with Crippen molar-refractivity contribution in [1.82, 2.24) is 24.3 Å². The Hall–Kier alpha value is -1.89. The Morgan fingerprint density at radius 3 is 2.83 bits per heavy atom. The zero-order chi connectivity index (χ0) is 17.5. The number of aromatic nitrogens is 2. The van der Waals surface area contributed by atoms with Crippen molar-refractivity contribution in [3.8, 4) is 0 Å². The van der Waals surface area contributed by atoms with Gasteiger partial charge in [-0.05, 0) is 12.3 Å². The Labute approximate surface area is 143 Å². The molecular weight excluding hydrogens is 306 g/mol. The number of likely N-dealkylation sites (tertiary alicyclic amines) is 2. The van der Waals surface area contributed by atoms with Crippen molar-refractivity contribution >= 4 is 11.8 Å². The van der Waals surface area contributed by atoms with Crippen molar-refractivity contribution in [2.45, 2.75) is 19.9 Å². The maximum absolute atomic E-state index is 13.0. The Morgan fingerprint density at radius 1 is 1.46 bits per heavy atom. The van der Waals surface area contributed by atoms with Gasteiger partial charge < -0.3 is 14.4 Å². The highest BCUT2D eigenvalue weighted by atomic mass is 16.2. The van der Waals surface area contributed by atoms with Crippen molar-refractivity contribution < 1.29 is 9.59 Å². The molecule has 1 aromatic heterocycles. The molecule has 2 fully saturated rings. The van der Waals surface area contributed by atoms with Crippen LogP contribution in [-0.2, 0) is 23.2 Å². The molecule has 2 amide bonds. The van der Waals surface area contributed by atoms with E-state index >= 15 is 0 Å². The normalized spacial score (nSPS) is 27.4. The first-order valence-corrected chi connectivity index (χ1v) is 8.51. The van der Waals surface area contributed by atoms with Gasteiger partial charge in [-0.3, -0.25) is 14.5 Å². The van der Waals surface area contributed by atoms with Crippen molar-refractivity contribution in [3.05, 3.63) is 18.2 Å². The first-order chi connectivity index (χ1) is 11.3. The highest BCUT2D eigenvalue weighted by Gasteiger charge is 2.55. The number of hydrogen-bond donors (Lipinski definition) is 0. The first-order valence-electron chi connectivity index (χ1n) is 8.51. The van der Waals surface area contributed by atoms with Gasteiger partial charge in [0.2, 0.25) is 11.8 Å². The van der Waals surface area contributed by atoms with E-state index in [0.29, 0.717) is 12.5 Å². The zero-order valence-corrected chi connectivity index (χ0v) is 15.0. The summed E-state index contributed by atoms with van der Waals surface area (Å²) in [4.78, 5) is 35.0. The number of imidazole rings is 1. The SMILES string of the molecule is C[C@H]1CN(Cc2nccn2C)C[C@@]12CCN(CC(=O)N(C)C)C2=O. The quantitative estimate of drug-likeness (QED) is 0.789. The third-order valence-electron chi connectivity index (χ3n) is 5.63. The second kappa shape index (κ2) is 6.20. The molecule has 0 bridgehead atoms. The number of aryl methyl sites for hydroxylation is 1. The summed E-state index contributed by atoms with van der Waals surface area (Å²) in [6.45, 7) is 5.45. The van der Waals surface area contributed by atoms with Crippen molar-refractivity contribution in [2.24, 2.45) is 18.4 Å². The molecule has 0 unspecified atom stereocenters. The monoisotopic (exact) mass is 333 g/mol. The first kappa shape index (κ1) is 17.0. The van der Waals surface area contributed by atoms with Crippen LogP contribution in [0.4, 0.5) is 0 Å². The standard InChI is InChI=1S/C17H27N5O2/c1-13-9-21(10-14-18-6-8-20(14)4)12-17(13)5-7-22(16(17)24)11-15(23)19(2)3/h6,8,13H,5,7,9-12H2,1-4H3/t13-,17-/m0/s1. The molecule has 24 heavy (non-hydrogen) atoms. The van der Waals surface area contributed by atoms with Crippen LogP contribution in [-0.4, -0.2) is 76.3 Å². The van der Waals surface area contributed by atoms with E-state index in [1.165, 1.54) is 0 Å². The fourth-order valence-electron chi connectivity index (χ4n) is 3.97. The van der Waals surface area contributed by atoms with E-state index in [1.54, 1.807) is 30.1 Å². The largest absolute Gasteiger partial charge is 0.347 e. The molecular formula is C17H27N5O2. The van der Waals surface area contributed by atoms with Crippen LogP contribution in [0.2, 0.25) is 0 Å². The maximum Gasteiger partial charge on any atom is 0.241 e. The fraction of sp³-hybridized carbons (Fsp3) is 0.706. The lowest BCUT2D eigenvalue weighted by Gasteiger charge is -2.27. The predicted molar refractivity (Wildman–Crippen MR) is 90.0 cm³/mol. The number of nitrogens with zero attached hydrogens (tertiary/aromatic N) is 5. The molecule has 2 saturated heterocycles. The lowest BCUT2D eigenvalue weighted by Crippen LogP contribution is -2.43. The Bertz CT molecular complexity index is 641. The maximum atomic E-state index is 13.0. The van der Waals surface area contributed by atoms with E-state index in [4.69, 9.17) is 0 Å². The van der Waals surface area contributed by atoms with Gasteiger partial charge in [0, 0.05) is 53.2 Å². The summed E-state index contributed by atoms with van der Waals surface area (Å²) >= 11 is 0. The van der Waals surface area contributed by atoms with Crippen LogP contribution in [0.1, 0.15) is 19.2 Å². The van der Waals surface area contributed by atoms with Gasteiger partial charge in [-0.25, -0.2) is 4.98 Å². The van der Waals surface area contributed by atoms with Gasteiger partial charge in [-0.1, -0.05) is 6.92 Å². The van der Waals surface area contributed by atoms with Crippen LogP contribution >= 0.6 is 0 Å². The molecule has 7 nitrogen and oxygen atoms in total. The zero-order valence-electron chi connectivity index (χ0n) is 15.0. The van der Waals surface area contributed by atoms with Crippen molar-refractivity contribution in [2.75, 3.05) is 40.3 Å². The lowest BCUT2D eigenvalue weighted by atomic mass is 9.78. The average molecular weight is 333 g/mol. The highest BCUT2D eigenvalue weighted by Crippen LogP contribution is 2.44. The van der Waals surface area contributed by atoms with E-state index in [0.717, 1.165) is 31.9 Å². The number of carbonyl (C=O) groups excluding carboxylic acids is 2. The molecule has 2 atom stereocenters. The van der Waals surface area contributed by atoms with Crippen molar-refractivity contribution in [1.29, 1.82) is 0 Å². The molecule has 1 aromatic rings. The Balaban J connectivity index is 1.69. The minimum absolute atomic E-state index is 0.0177. The smallest absolute Gasteiger partial charge is 0.241 e. The second-order valence-corrected chi connectivity index (χ2v) is 7.45. The van der Waals surface area contributed by atoms with Gasteiger partial charge in [-0.15, -0.1) is 0 Å². The summed E-state index contributed by atoms with van der Waals surface area (Å²) in [6.07, 6.45) is 4.59. The minimum atomic E-state index is -0.336. The minimum Gasteiger partial charge on any atom is -0.347 e. The van der Waals surface area contributed by atoms with E-state index in [2.05, 4.69) is 16.8 Å². The summed E-state index contributed by atoms with van der Waals surface area (Å²) in [7, 11) is 5.45. The molecule has 0 aliphatic carbocycles. The fourth-order valence-corrected chi connectivity index (χ4v) is 3.97. The number of rotatable bonds is 4. The molecule has 7 heteroatoms. The highest BCUT2D eigenvalue weighted by molar-refractivity contribution is 5.90. The van der Waals surface area contributed by atoms with E-state index in [9.17, 15) is 9.59 Å². The van der Waals surface area contributed by atoms with Crippen LogP contribution in [0.25, 0.3) is 0 Å². The number of likely N-dealkylation sites (N-methyl/N-ethyl adjacent to an activating group) is 1. The van der Waals surface area contributed by atoms with Gasteiger partial charge in [0.15, 0.2) is 0 Å². The molecule has 2 aliphatic heterocycles. The molecule has 1 spiro atoms. The summed E-state index contributed by atoms with van der Waals surface area (Å²) in [5.41, 5.74) is -0.336. The van der Waals surface area contributed by atoms with Crippen LogP contribution in [0.5, 0.6) is 0 Å². The van der Waals surface area contributed by atoms with Crippen LogP contribution in [0, 0.1) is 11.3 Å². The van der Waals surface area contributed by atoms with Gasteiger partial charge in [0.1, 0.15) is 5.82 Å². The third kappa shape index (κ3) is 2.81. The van der Waals surface area contributed by atoms with Gasteiger partial charge >= 0.3 is 0 Å². The Morgan fingerprint density at radius 2 is 2.21 bits per heavy atom. The average Bonchev–Trinajstić information content (AvgIpc) is 3.16. The predicted octanol–water partition coefficient (Wildman–Crippen LogP) is 0.179. The summed E-state index contributed by atoms with van der Waals surface area (Å²) < 4.78 is 2.02. The van der Waals surface area contributed by atoms with E-state index < -0.39 is 0 Å². The molecule has 0 N–H and O–H groups in total. The summed E-state index contributed by atoms with van der Waals surface area (Å²) in [5.74, 6) is 1.44. The second-order valence-electron chi connectivity index (χ2n) is 7.45. The molecule has 3 rings (SSSR count). The molecule has 0 saturated carbocycles.